The molecule has 0 fully saturated rings. The van der Waals surface area contributed by atoms with Crippen molar-refractivity contribution in [3.8, 4) is 0 Å². The fourth-order valence-electron chi connectivity index (χ4n) is 6.61. The van der Waals surface area contributed by atoms with Crippen LogP contribution in [0.15, 0.2) is 47.6 Å². The highest BCUT2D eigenvalue weighted by atomic mass is 16.5. The van der Waals surface area contributed by atoms with E-state index < -0.39 is 24.1 Å². The van der Waals surface area contributed by atoms with Gasteiger partial charge >= 0.3 is 11.9 Å². The summed E-state index contributed by atoms with van der Waals surface area (Å²) in [6, 6.07) is 6.05. The van der Waals surface area contributed by atoms with Crippen LogP contribution in [-0.2, 0) is 19.1 Å². The fourth-order valence-corrected chi connectivity index (χ4v) is 6.61. The number of hydrogen-bond donors (Lipinski definition) is 0. The number of allylic oxidation sites excluding steroid dienone is 4. The third-order valence-corrected chi connectivity index (χ3v) is 8.58. The molecule has 4 unspecified atom stereocenters. The molecular weight excluding hydrogens is 504 g/mol. The Balaban J connectivity index is 1.53. The van der Waals surface area contributed by atoms with Crippen molar-refractivity contribution < 1.29 is 28.7 Å². The van der Waals surface area contributed by atoms with Gasteiger partial charge in [-0.15, -0.1) is 0 Å². The molecule has 3 rings (SSSR count). The third kappa shape index (κ3) is 7.58. The van der Waals surface area contributed by atoms with Crippen LogP contribution in [0.5, 0.6) is 0 Å². The zero-order valence-electron chi connectivity index (χ0n) is 25.5. The second-order valence-electron chi connectivity index (χ2n) is 13.2. The van der Waals surface area contributed by atoms with Crippen molar-refractivity contribution in [3.63, 3.8) is 0 Å². The fraction of sp³-hybridized carbons (Fsp3) is 0.588. The van der Waals surface area contributed by atoms with Gasteiger partial charge in [0.25, 0.3) is 0 Å². The first-order chi connectivity index (χ1) is 18.6. The maximum absolute atomic E-state index is 13.1. The van der Waals surface area contributed by atoms with Crippen LogP contribution >= 0.6 is 0 Å². The first kappa shape index (κ1) is 31.5. The molecule has 0 spiro atoms. The standard InChI is InChI=1S/C34H46O6/c1-21-11-9-17-33(5,6)29(21)27(35)19-23(3)39-31(37)25-13-15-26(16-14-25)32(38)40-24(4)20-28(36)30-22(2)12-10-18-34(30,7)8/h11-16,23-24,29-30H,9-10,17-20H2,1-8H3. The topological polar surface area (TPSA) is 86.7 Å². The summed E-state index contributed by atoms with van der Waals surface area (Å²) < 4.78 is 11.1. The van der Waals surface area contributed by atoms with E-state index in [1.54, 1.807) is 13.8 Å². The minimum Gasteiger partial charge on any atom is -0.459 e. The second kappa shape index (κ2) is 12.7. The van der Waals surface area contributed by atoms with E-state index in [2.05, 4.69) is 39.8 Å². The monoisotopic (exact) mass is 550 g/mol. The summed E-state index contributed by atoms with van der Waals surface area (Å²) in [4.78, 5) is 51.5. The zero-order valence-corrected chi connectivity index (χ0v) is 25.5. The lowest BCUT2D eigenvalue weighted by Crippen LogP contribution is -2.36. The summed E-state index contributed by atoms with van der Waals surface area (Å²) in [5.41, 5.74) is 2.52. The van der Waals surface area contributed by atoms with Crippen LogP contribution in [-0.4, -0.2) is 35.7 Å². The number of benzene rings is 1. The Morgan fingerprint density at radius 1 is 0.700 bits per heavy atom. The summed E-state index contributed by atoms with van der Waals surface area (Å²) in [7, 11) is 0. The van der Waals surface area contributed by atoms with Gasteiger partial charge < -0.3 is 9.47 Å². The van der Waals surface area contributed by atoms with E-state index in [-0.39, 0.29) is 58.2 Å². The molecule has 2 aliphatic carbocycles. The van der Waals surface area contributed by atoms with Crippen LogP contribution in [0.4, 0.5) is 0 Å². The molecule has 0 aliphatic heterocycles. The number of ether oxygens (including phenoxy) is 2. The molecule has 218 valence electrons. The summed E-state index contributed by atoms with van der Waals surface area (Å²) >= 11 is 0. The first-order valence-corrected chi connectivity index (χ1v) is 14.5. The number of Topliss-reactive ketones (excluding diaryl/α,β-unsaturated/α-hetero) is 2. The second-order valence-corrected chi connectivity index (χ2v) is 13.2. The Hall–Kier alpha value is -3.02. The molecule has 0 radical (unpaired) electrons. The van der Waals surface area contributed by atoms with Crippen molar-refractivity contribution in [1.82, 2.24) is 0 Å². The molecule has 0 amide bonds. The largest absolute Gasteiger partial charge is 0.459 e. The van der Waals surface area contributed by atoms with Crippen molar-refractivity contribution in [2.75, 3.05) is 0 Å². The van der Waals surface area contributed by atoms with Gasteiger partial charge in [-0.1, -0.05) is 51.0 Å². The van der Waals surface area contributed by atoms with E-state index in [4.69, 9.17) is 9.47 Å². The van der Waals surface area contributed by atoms with Crippen molar-refractivity contribution in [2.24, 2.45) is 22.7 Å². The van der Waals surface area contributed by atoms with E-state index in [1.165, 1.54) is 24.3 Å². The van der Waals surface area contributed by atoms with Gasteiger partial charge in [0.2, 0.25) is 0 Å². The maximum atomic E-state index is 13.1. The molecular formula is C34H46O6. The SMILES string of the molecule is CC1=CCCC(C)(C)C1C(=O)CC(C)OC(=O)c1ccc(C(=O)OC(C)CC(=O)C2C(C)=CCCC2(C)C)cc1. The predicted molar refractivity (Wildman–Crippen MR) is 156 cm³/mol. The maximum Gasteiger partial charge on any atom is 0.338 e. The van der Waals surface area contributed by atoms with E-state index >= 15 is 0 Å². The van der Waals surface area contributed by atoms with Gasteiger partial charge in [-0.3, -0.25) is 9.59 Å². The van der Waals surface area contributed by atoms with Gasteiger partial charge in [0.1, 0.15) is 23.8 Å². The van der Waals surface area contributed by atoms with Gasteiger partial charge in [0.15, 0.2) is 0 Å². The molecule has 1 aromatic rings. The van der Waals surface area contributed by atoms with Crippen molar-refractivity contribution in [1.29, 1.82) is 0 Å². The predicted octanol–water partition coefficient (Wildman–Crippen LogP) is 7.46. The van der Waals surface area contributed by atoms with Crippen LogP contribution in [0.25, 0.3) is 0 Å². The lowest BCUT2D eigenvalue weighted by molar-refractivity contribution is -0.128. The average Bonchev–Trinajstić information content (AvgIpc) is 2.82. The van der Waals surface area contributed by atoms with Crippen LogP contribution < -0.4 is 0 Å². The van der Waals surface area contributed by atoms with Crippen LogP contribution in [0, 0.1) is 22.7 Å². The Morgan fingerprint density at radius 2 is 1.02 bits per heavy atom. The summed E-state index contributed by atoms with van der Waals surface area (Å²) in [5, 5.41) is 0. The van der Waals surface area contributed by atoms with Crippen molar-refractivity contribution in [3.05, 3.63) is 58.7 Å². The Kier molecular flexibility index (Phi) is 9.97. The normalized spacial score (nSPS) is 23.2. The Bertz CT molecular complexity index is 1090. The molecule has 1 aromatic carbocycles. The Morgan fingerprint density at radius 3 is 1.32 bits per heavy atom. The number of carbonyl (C=O) groups is 4. The lowest BCUT2D eigenvalue weighted by atomic mass is 9.66. The molecule has 0 saturated heterocycles. The van der Waals surface area contributed by atoms with E-state index in [0.717, 1.165) is 36.8 Å². The first-order valence-electron chi connectivity index (χ1n) is 14.5. The molecule has 40 heavy (non-hydrogen) atoms. The molecule has 6 heteroatoms. The molecule has 0 bridgehead atoms. The molecule has 6 nitrogen and oxygen atoms in total. The van der Waals surface area contributed by atoms with E-state index in [1.807, 2.05) is 13.8 Å². The Labute approximate surface area is 239 Å². The average molecular weight is 551 g/mol. The molecule has 0 N–H and O–H groups in total. The molecule has 4 atom stereocenters. The van der Waals surface area contributed by atoms with E-state index in [0.29, 0.717) is 0 Å². The molecule has 0 heterocycles. The molecule has 0 saturated carbocycles. The highest BCUT2D eigenvalue weighted by Crippen LogP contribution is 2.43. The van der Waals surface area contributed by atoms with Gasteiger partial charge in [-0.05, 0) is 88.5 Å². The van der Waals surface area contributed by atoms with Gasteiger partial charge in [0, 0.05) is 24.7 Å². The van der Waals surface area contributed by atoms with Crippen LogP contribution in [0.2, 0.25) is 0 Å². The van der Waals surface area contributed by atoms with Gasteiger partial charge in [0.05, 0.1) is 11.1 Å². The molecule has 2 aliphatic rings. The van der Waals surface area contributed by atoms with Crippen LogP contribution in [0.3, 0.4) is 0 Å². The highest BCUT2D eigenvalue weighted by molar-refractivity contribution is 5.94. The minimum absolute atomic E-state index is 0.0858. The number of hydrogen-bond acceptors (Lipinski definition) is 6. The smallest absolute Gasteiger partial charge is 0.338 e. The van der Waals surface area contributed by atoms with Gasteiger partial charge in [-0.2, -0.15) is 0 Å². The minimum atomic E-state index is -0.568. The number of carbonyl (C=O) groups excluding carboxylic acids is 4. The zero-order chi connectivity index (χ0) is 29.8. The van der Waals surface area contributed by atoms with Crippen LogP contribution in [0.1, 0.15) is 115 Å². The number of rotatable bonds is 10. The van der Waals surface area contributed by atoms with Crippen molar-refractivity contribution in [2.45, 2.75) is 106 Å². The quantitative estimate of drug-likeness (QED) is 0.222. The number of esters is 2. The molecule has 0 aromatic heterocycles. The highest BCUT2D eigenvalue weighted by Gasteiger charge is 2.39. The third-order valence-electron chi connectivity index (χ3n) is 8.58. The lowest BCUT2D eigenvalue weighted by Gasteiger charge is -2.37. The number of ketones is 2. The van der Waals surface area contributed by atoms with E-state index in [9.17, 15) is 19.2 Å². The van der Waals surface area contributed by atoms with Gasteiger partial charge in [-0.25, -0.2) is 9.59 Å². The summed E-state index contributed by atoms with van der Waals surface area (Å²) in [6.45, 7) is 15.9. The summed E-state index contributed by atoms with van der Waals surface area (Å²) in [5.74, 6) is -1.26. The summed E-state index contributed by atoms with van der Waals surface area (Å²) in [6.07, 6.45) is 7.29. The van der Waals surface area contributed by atoms with Crippen molar-refractivity contribution >= 4 is 23.5 Å².